The van der Waals surface area contributed by atoms with Crippen LogP contribution in [0, 0.1) is 0 Å². The van der Waals surface area contributed by atoms with Gasteiger partial charge in [-0.25, -0.2) is 0 Å². The summed E-state index contributed by atoms with van der Waals surface area (Å²) in [6.45, 7) is 7.90. The fourth-order valence-corrected chi connectivity index (χ4v) is 2.21. The van der Waals surface area contributed by atoms with Crippen LogP contribution in [0.15, 0.2) is 6.20 Å². The molecule has 16 heavy (non-hydrogen) atoms. The lowest BCUT2D eigenvalue weighted by atomic mass is 10.3. The van der Waals surface area contributed by atoms with Crippen molar-refractivity contribution in [3.63, 3.8) is 0 Å². The van der Waals surface area contributed by atoms with Crippen molar-refractivity contribution in [2.45, 2.75) is 19.5 Å². The van der Waals surface area contributed by atoms with Crippen LogP contribution in [0.3, 0.4) is 0 Å². The van der Waals surface area contributed by atoms with Crippen molar-refractivity contribution in [1.29, 1.82) is 0 Å². The molecular weight excluding hydrogens is 224 g/mol. The molecule has 90 valence electrons. The van der Waals surface area contributed by atoms with Crippen LogP contribution >= 0.6 is 11.7 Å². The van der Waals surface area contributed by atoms with Gasteiger partial charge in [0.25, 0.3) is 0 Å². The number of ether oxygens (including phenoxy) is 1. The minimum Gasteiger partial charge on any atom is -0.379 e. The van der Waals surface area contributed by atoms with E-state index in [2.05, 4.69) is 25.9 Å². The number of aromatic nitrogens is 2. The maximum absolute atomic E-state index is 5.32. The predicted molar refractivity (Wildman–Crippen MR) is 63.5 cm³/mol. The van der Waals surface area contributed by atoms with Gasteiger partial charge in [-0.2, -0.15) is 8.75 Å². The van der Waals surface area contributed by atoms with E-state index >= 15 is 0 Å². The van der Waals surface area contributed by atoms with E-state index in [-0.39, 0.29) is 0 Å². The highest BCUT2D eigenvalue weighted by Crippen LogP contribution is 2.00. The highest BCUT2D eigenvalue weighted by atomic mass is 32.1. The first-order valence-corrected chi connectivity index (χ1v) is 6.37. The van der Waals surface area contributed by atoms with Gasteiger partial charge in [-0.05, 0) is 6.92 Å². The molecular formula is C10H18N4OS. The maximum Gasteiger partial charge on any atom is 0.0880 e. The van der Waals surface area contributed by atoms with Crippen LogP contribution in [0.1, 0.15) is 12.6 Å². The van der Waals surface area contributed by atoms with Gasteiger partial charge in [0.15, 0.2) is 0 Å². The Balaban J connectivity index is 1.65. The van der Waals surface area contributed by atoms with Gasteiger partial charge in [-0.3, -0.25) is 4.90 Å². The van der Waals surface area contributed by atoms with Crippen LogP contribution in [-0.2, 0) is 11.3 Å². The summed E-state index contributed by atoms with van der Waals surface area (Å²) >= 11 is 1.26. The summed E-state index contributed by atoms with van der Waals surface area (Å²) in [6.07, 6.45) is 1.82. The van der Waals surface area contributed by atoms with Crippen LogP contribution < -0.4 is 5.32 Å². The number of hydrogen-bond acceptors (Lipinski definition) is 6. The van der Waals surface area contributed by atoms with Crippen molar-refractivity contribution >= 4 is 11.7 Å². The van der Waals surface area contributed by atoms with Crippen LogP contribution in [0.25, 0.3) is 0 Å². The van der Waals surface area contributed by atoms with Gasteiger partial charge in [0.1, 0.15) is 0 Å². The summed E-state index contributed by atoms with van der Waals surface area (Å²) in [5, 5.41) is 3.45. The van der Waals surface area contributed by atoms with E-state index in [4.69, 9.17) is 4.74 Å². The second-order valence-electron chi connectivity index (χ2n) is 4.09. The fourth-order valence-electron chi connectivity index (χ4n) is 1.78. The number of nitrogens with zero attached hydrogens (tertiary/aromatic N) is 3. The molecule has 0 saturated carbocycles. The summed E-state index contributed by atoms with van der Waals surface area (Å²) in [5.74, 6) is 0. The van der Waals surface area contributed by atoms with Gasteiger partial charge in [-0.15, -0.1) is 0 Å². The number of morpholine rings is 1. The molecule has 0 radical (unpaired) electrons. The largest absolute Gasteiger partial charge is 0.379 e. The highest BCUT2D eigenvalue weighted by Gasteiger charge is 2.13. The Morgan fingerprint density at radius 1 is 1.56 bits per heavy atom. The van der Waals surface area contributed by atoms with Crippen LogP contribution in [0.5, 0.6) is 0 Å². The lowest BCUT2D eigenvalue weighted by molar-refractivity contribution is 0.0343. The third-order valence-corrected chi connectivity index (χ3v) is 3.19. The zero-order chi connectivity index (χ0) is 11.2. The quantitative estimate of drug-likeness (QED) is 0.807. The summed E-state index contributed by atoms with van der Waals surface area (Å²) in [5.41, 5.74) is 1.03. The van der Waals surface area contributed by atoms with Crippen molar-refractivity contribution in [2.24, 2.45) is 0 Å². The zero-order valence-corrected chi connectivity index (χ0v) is 10.4. The first-order valence-electron chi connectivity index (χ1n) is 5.64. The molecule has 1 aromatic rings. The minimum absolute atomic E-state index is 0.472. The fraction of sp³-hybridized carbons (Fsp3) is 0.800. The number of hydrogen-bond donors (Lipinski definition) is 1. The summed E-state index contributed by atoms with van der Waals surface area (Å²) < 4.78 is 13.5. The van der Waals surface area contributed by atoms with Gasteiger partial charge in [0.2, 0.25) is 0 Å². The van der Waals surface area contributed by atoms with Gasteiger partial charge >= 0.3 is 0 Å². The van der Waals surface area contributed by atoms with Crippen LogP contribution in [0.4, 0.5) is 0 Å². The molecule has 1 aliphatic heterocycles. The van der Waals surface area contributed by atoms with Gasteiger partial charge in [0.05, 0.1) is 36.8 Å². The molecule has 2 heterocycles. The molecule has 1 unspecified atom stereocenters. The highest BCUT2D eigenvalue weighted by molar-refractivity contribution is 6.99. The maximum atomic E-state index is 5.32. The van der Waals surface area contributed by atoms with E-state index < -0.39 is 0 Å². The average Bonchev–Trinajstić information content (AvgIpc) is 2.81. The molecule has 0 amide bonds. The van der Waals surface area contributed by atoms with Crippen molar-refractivity contribution in [3.05, 3.63) is 11.9 Å². The Morgan fingerprint density at radius 2 is 2.38 bits per heavy atom. The predicted octanol–water partition coefficient (Wildman–Crippen LogP) is 0.348. The molecule has 1 saturated heterocycles. The number of nitrogens with one attached hydrogen (secondary N) is 1. The molecule has 1 N–H and O–H groups in total. The Kier molecular flexibility index (Phi) is 4.65. The Labute approximate surface area is 100 Å². The van der Waals surface area contributed by atoms with E-state index in [1.165, 1.54) is 11.7 Å². The van der Waals surface area contributed by atoms with Crippen LogP contribution in [0.2, 0.25) is 0 Å². The molecule has 0 bridgehead atoms. The van der Waals surface area contributed by atoms with E-state index in [0.717, 1.165) is 45.1 Å². The molecule has 1 atom stereocenters. The molecule has 1 aromatic heterocycles. The topological polar surface area (TPSA) is 50.3 Å². The number of rotatable bonds is 5. The molecule has 1 aliphatic rings. The summed E-state index contributed by atoms with van der Waals surface area (Å²) in [7, 11) is 0. The molecule has 6 heteroatoms. The SMILES string of the molecule is CC(CN1CCOCC1)NCc1cnsn1. The molecule has 2 rings (SSSR count). The van der Waals surface area contributed by atoms with E-state index in [9.17, 15) is 0 Å². The zero-order valence-electron chi connectivity index (χ0n) is 9.56. The molecule has 0 spiro atoms. The second kappa shape index (κ2) is 6.24. The van der Waals surface area contributed by atoms with E-state index in [1.807, 2.05) is 6.20 Å². The Hall–Kier alpha value is -0.560. The monoisotopic (exact) mass is 242 g/mol. The Bertz CT molecular complexity index is 287. The molecule has 0 aromatic carbocycles. The smallest absolute Gasteiger partial charge is 0.0880 e. The summed E-state index contributed by atoms with van der Waals surface area (Å²) in [6, 6.07) is 0.472. The van der Waals surface area contributed by atoms with Crippen molar-refractivity contribution < 1.29 is 4.74 Å². The Morgan fingerprint density at radius 3 is 3.06 bits per heavy atom. The lowest BCUT2D eigenvalue weighted by Gasteiger charge is -2.29. The van der Waals surface area contributed by atoms with Crippen molar-refractivity contribution in [2.75, 3.05) is 32.8 Å². The summed E-state index contributed by atoms with van der Waals surface area (Å²) in [4.78, 5) is 2.43. The standard InChI is InChI=1S/C10H18N4OS/c1-9(8-14-2-4-15-5-3-14)11-6-10-7-12-16-13-10/h7,9,11H,2-6,8H2,1H3. The van der Waals surface area contributed by atoms with Gasteiger partial charge in [-0.1, -0.05) is 0 Å². The average molecular weight is 242 g/mol. The van der Waals surface area contributed by atoms with Gasteiger partial charge in [0, 0.05) is 32.2 Å². The normalized spacial score (nSPS) is 19.8. The van der Waals surface area contributed by atoms with Crippen LogP contribution in [-0.4, -0.2) is 52.5 Å². The minimum atomic E-state index is 0.472. The third kappa shape index (κ3) is 3.79. The van der Waals surface area contributed by atoms with E-state index in [1.54, 1.807) is 0 Å². The molecule has 1 fully saturated rings. The lowest BCUT2D eigenvalue weighted by Crippen LogP contribution is -2.44. The van der Waals surface area contributed by atoms with Gasteiger partial charge < -0.3 is 10.1 Å². The molecule has 5 nitrogen and oxygen atoms in total. The third-order valence-electron chi connectivity index (χ3n) is 2.67. The first kappa shape index (κ1) is 11.9. The second-order valence-corrected chi connectivity index (χ2v) is 4.65. The first-order chi connectivity index (χ1) is 7.84. The van der Waals surface area contributed by atoms with Crippen molar-refractivity contribution in [1.82, 2.24) is 19.0 Å². The van der Waals surface area contributed by atoms with Crippen molar-refractivity contribution in [3.8, 4) is 0 Å². The van der Waals surface area contributed by atoms with E-state index in [0.29, 0.717) is 6.04 Å². The molecule has 0 aliphatic carbocycles.